The number of nitrogen functional groups attached to an aromatic ring is 1. The first-order chi connectivity index (χ1) is 10.6. The van der Waals surface area contributed by atoms with E-state index in [9.17, 15) is 13.6 Å². The van der Waals surface area contributed by atoms with E-state index in [1.807, 2.05) is 0 Å². The molecular weight excluding hydrogens is 302 g/mol. The second-order valence-electron chi connectivity index (χ2n) is 6.09. The largest absolute Gasteiger partial charge is 0.444 e. The molecule has 0 heterocycles. The highest BCUT2D eigenvalue weighted by Gasteiger charge is 2.17. The summed E-state index contributed by atoms with van der Waals surface area (Å²) in [6, 6.07) is 7.90. The molecule has 2 aromatic carbocycles. The highest BCUT2D eigenvalue weighted by atomic mass is 19.1. The van der Waals surface area contributed by atoms with Crippen LogP contribution in [0.3, 0.4) is 0 Å². The highest BCUT2D eigenvalue weighted by molar-refractivity contribution is 5.90. The number of nitrogens with one attached hydrogen (secondary N) is 1. The summed E-state index contributed by atoms with van der Waals surface area (Å²) in [7, 11) is 0. The van der Waals surface area contributed by atoms with Crippen molar-refractivity contribution in [1.82, 2.24) is 0 Å². The highest BCUT2D eigenvalue weighted by Crippen LogP contribution is 2.28. The predicted molar refractivity (Wildman–Crippen MR) is 86.1 cm³/mol. The van der Waals surface area contributed by atoms with Gasteiger partial charge in [0.15, 0.2) is 0 Å². The lowest BCUT2D eigenvalue weighted by molar-refractivity contribution is 0.0636. The summed E-state index contributed by atoms with van der Waals surface area (Å²) in [5.74, 6) is -1.34. The van der Waals surface area contributed by atoms with E-state index >= 15 is 0 Å². The second kappa shape index (κ2) is 6.24. The monoisotopic (exact) mass is 320 g/mol. The summed E-state index contributed by atoms with van der Waals surface area (Å²) in [5.41, 5.74) is 6.78. The number of anilines is 2. The maximum Gasteiger partial charge on any atom is 0.412 e. The third-order valence-electron chi connectivity index (χ3n) is 2.88. The molecule has 2 aromatic rings. The minimum atomic E-state index is -0.672. The van der Waals surface area contributed by atoms with Gasteiger partial charge in [-0.1, -0.05) is 6.07 Å². The Labute approximate surface area is 133 Å². The van der Waals surface area contributed by atoms with Crippen molar-refractivity contribution in [1.29, 1.82) is 0 Å². The van der Waals surface area contributed by atoms with Gasteiger partial charge in [-0.25, -0.2) is 13.6 Å². The normalized spacial score (nSPS) is 11.2. The molecule has 4 nitrogen and oxygen atoms in total. The van der Waals surface area contributed by atoms with Crippen LogP contribution in [0.4, 0.5) is 25.0 Å². The van der Waals surface area contributed by atoms with Gasteiger partial charge in [-0.2, -0.15) is 0 Å². The number of halogens is 2. The van der Waals surface area contributed by atoms with Crippen LogP contribution >= 0.6 is 0 Å². The van der Waals surface area contributed by atoms with Crippen molar-refractivity contribution < 1.29 is 18.3 Å². The lowest BCUT2D eigenvalue weighted by atomic mass is 10.0. The molecule has 0 radical (unpaired) electrons. The Morgan fingerprint density at radius 2 is 1.65 bits per heavy atom. The lowest BCUT2D eigenvalue weighted by Gasteiger charge is -2.20. The van der Waals surface area contributed by atoms with Gasteiger partial charge in [0.1, 0.15) is 17.2 Å². The number of benzene rings is 2. The summed E-state index contributed by atoms with van der Waals surface area (Å²) < 4.78 is 31.7. The number of carbonyl (C=O) groups is 1. The second-order valence-corrected chi connectivity index (χ2v) is 6.09. The number of nitrogens with two attached hydrogens (primary N) is 1. The standard InChI is InChI=1S/C17H18F2N2O2/c1-17(2,3)23-16(22)21-15-5-4-10(8-14(15)20)11-6-12(18)9-13(19)7-11/h4-9H,20H2,1-3H3,(H,21,22). The molecule has 0 aliphatic rings. The first-order valence-corrected chi connectivity index (χ1v) is 7.00. The SMILES string of the molecule is CC(C)(C)OC(=O)Nc1ccc(-c2cc(F)cc(F)c2)cc1N. The first kappa shape index (κ1) is 16.7. The van der Waals surface area contributed by atoms with Crippen molar-refractivity contribution >= 4 is 17.5 Å². The molecule has 1 amide bonds. The minimum absolute atomic E-state index is 0.262. The van der Waals surface area contributed by atoms with Crippen molar-refractivity contribution in [3.63, 3.8) is 0 Å². The molecule has 2 rings (SSSR count). The van der Waals surface area contributed by atoms with Crippen LogP contribution in [0.25, 0.3) is 11.1 Å². The van der Waals surface area contributed by atoms with E-state index in [1.165, 1.54) is 18.2 Å². The zero-order valence-electron chi connectivity index (χ0n) is 13.1. The summed E-state index contributed by atoms with van der Waals surface area (Å²) in [4.78, 5) is 11.7. The van der Waals surface area contributed by atoms with Crippen LogP contribution in [0, 0.1) is 11.6 Å². The number of ether oxygens (including phenoxy) is 1. The van der Waals surface area contributed by atoms with Crippen LogP contribution < -0.4 is 11.1 Å². The van der Waals surface area contributed by atoms with Gasteiger partial charge in [0.25, 0.3) is 0 Å². The number of rotatable bonds is 2. The van der Waals surface area contributed by atoms with E-state index in [-0.39, 0.29) is 5.69 Å². The average Bonchev–Trinajstić information content (AvgIpc) is 2.37. The summed E-state index contributed by atoms with van der Waals surface area (Å²) in [5, 5.41) is 2.53. The van der Waals surface area contributed by atoms with Crippen LogP contribution in [0.2, 0.25) is 0 Å². The fraction of sp³-hybridized carbons (Fsp3) is 0.235. The molecule has 0 aliphatic carbocycles. The summed E-state index contributed by atoms with van der Waals surface area (Å²) >= 11 is 0. The fourth-order valence-corrected chi connectivity index (χ4v) is 1.99. The van der Waals surface area contributed by atoms with Crippen LogP contribution in [0.1, 0.15) is 20.8 Å². The predicted octanol–water partition coefficient (Wildman–Crippen LogP) is 4.56. The van der Waals surface area contributed by atoms with E-state index in [0.717, 1.165) is 6.07 Å². The topological polar surface area (TPSA) is 64.3 Å². The number of amides is 1. The molecule has 0 bridgehead atoms. The average molecular weight is 320 g/mol. The van der Waals surface area contributed by atoms with Crippen LogP contribution in [-0.4, -0.2) is 11.7 Å². The Morgan fingerprint density at radius 1 is 1.04 bits per heavy atom. The van der Waals surface area contributed by atoms with Crippen molar-refractivity contribution in [2.75, 3.05) is 11.1 Å². The quantitative estimate of drug-likeness (QED) is 0.797. The number of hydrogen-bond acceptors (Lipinski definition) is 3. The van der Waals surface area contributed by atoms with Crippen LogP contribution in [0.5, 0.6) is 0 Å². The molecule has 0 unspecified atom stereocenters. The van der Waals surface area contributed by atoms with Gasteiger partial charge in [-0.15, -0.1) is 0 Å². The molecule has 0 saturated carbocycles. The van der Waals surface area contributed by atoms with Gasteiger partial charge in [-0.3, -0.25) is 5.32 Å². The molecule has 0 saturated heterocycles. The molecular formula is C17H18F2N2O2. The van der Waals surface area contributed by atoms with Gasteiger partial charge in [-0.05, 0) is 56.2 Å². The van der Waals surface area contributed by atoms with E-state index in [1.54, 1.807) is 32.9 Å². The summed E-state index contributed by atoms with van der Waals surface area (Å²) in [6.07, 6.45) is -0.631. The van der Waals surface area contributed by atoms with Crippen molar-refractivity contribution in [3.05, 3.63) is 48.0 Å². The third kappa shape index (κ3) is 4.67. The molecule has 3 N–H and O–H groups in total. The maximum absolute atomic E-state index is 13.3. The lowest BCUT2D eigenvalue weighted by Crippen LogP contribution is -2.27. The Balaban J connectivity index is 2.22. The number of hydrogen-bond donors (Lipinski definition) is 2. The number of carbonyl (C=O) groups excluding carboxylic acids is 1. The zero-order valence-corrected chi connectivity index (χ0v) is 13.1. The molecule has 23 heavy (non-hydrogen) atoms. The first-order valence-electron chi connectivity index (χ1n) is 7.00. The van der Waals surface area contributed by atoms with Crippen LogP contribution in [0.15, 0.2) is 36.4 Å². The Kier molecular flexibility index (Phi) is 4.54. The molecule has 0 aliphatic heterocycles. The van der Waals surface area contributed by atoms with Gasteiger partial charge in [0.05, 0.1) is 11.4 Å². The van der Waals surface area contributed by atoms with Gasteiger partial charge in [0.2, 0.25) is 0 Å². The van der Waals surface area contributed by atoms with Gasteiger partial charge >= 0.3 is 6.09 Å². The maximum atomic E-state index is 13.3. The van der Waals surface area contributed by atoms with Crippen molar-refractivity contribution in [3.8, 4) is 11.1 Å². The molecule has 0 atom stereocenters. The fourth-order valence-electron chi connectivity index (χ4n) is 1.99. The molecule has 0 fully saturated rings. The minimum Gasteiger partial charge on any atom is -0.444 e. The van der Waals surface area contributed by atoms with E-state index in [0.29, 0.717) is 16.8 Å². The third-order valence-corrected chi connectivity index (χ3v) is 2.88. The van der Waals surface area contributed by atoms with Crippen molar-refractivity contribution in [2.45, 2.75) is 26.4 Å². The van der Waals surface area contributed by atoms with E-state index in [2.05, 4.69) is 5.32 Å². The zero-order chi connectivity index (χ0) is 17.2. The van der Waals surface area contributed by atoms with E-state index < -0.39 is 23.3 Å². The summed E-state index contributed by atoms with van der Waals surface area (Å²) in [6.45, 7) is 5.24. The Morgan fingerprint density at radius 3 is 2.17 bits per heavy atom. The van der Waals surface area contributed by atoms with Crippen LogP contribution in [-0.2, 0) is 4.74 Å². The van der Waals surface area contributed by atoms with Gasteiger partial charge < -0.3 is 10.5 Å². The smallest absolute Gasteiger partial charge is 0.412 e. The Hall–Kier alpha value is -2.63. The molecule has 122 valence electrons. The van der Waals surface area contributed by atoms with E-state index in [4.69, 9.17) is 10.5 Å². The molecule has 6 heteroatoms. The Bertz CT molecular complexity index is 720. The van der Waals surface area contributed by atoms with Crippen molar-refractivity contribution in [2.24, 2.45) is 0 Å². The van der Waals surface area contributed by atoms with Gasteiger partial charge in [0, 0.05) is 6.07 Å². The molecule has 0 spiro atoms. The molecule has 0 aromatic heterocycles.